The van der Waals surface area contributed by atoms with Crippen LogP contribution in [0.2, 0.25) is 0 Å². The summed E-state index contributed by atoms with van der Waals surface area (Å²) in [7, 11) is 0. The van der Waals surface area contributed by atoms with E-state index in [1.165, 1.54) is 0 Å². The van der Waals surface area contributed by atoms with E-state index in [2.05, 4.69) is 27.4 Å². The second kappa shape index (κ2) is 3.69. The summed E-state index contributed by atoms with van der Waals surface area (Å²) < 4.78 is 0. The Morgan fingerprint density at radius 3 is 2.69 bits per heavy atom. The molecule has 0 radical (unpaired) electrons. The van der Waals surface area contributed by atoms with Crippen LogP contribution in [-0.2, 0) is 4.79 Å². The SMILES string of the molecule is C=C[C@@H]1[C@H]2C(=O)CC(C)(C)[C@H]2[C@H](O)C[C@H]1C. The minimum absolute atomic E-state index is 0.00579. The number of rotatable bonds is 1. The molecule has 1 N–H and O–H groups in total. The van der Waals surface area contributed by atoms with Crippen molar-refractivity contribution in [3.05, 3.63) is 12.7 Å². The normalized spacial score (nSPS) is 46.5. The molecule has 16 heavy (non-hydrogen) atoms. The zero-order valence-electron chi connectivity index (χ0n) is 10.4. The molecule has 90 valence electrons. The Hall–Kier alpha value is -0.630. The molecule has 0 aromatic heterocycles. The molecule has 2 rings (SSSR count). The number of carbonyl (C=O) groups excluding carboxylic acids is 1. The number of allylic oxidation sites excluding steroid dienone is 1. The van der Waals surface area contributed by atoms with Crippen molar-refractivity contribution >= 4 is 5.78 Å². The van der Waals surface area contributed by atoms with Crippen LogP contribution in [0.15, 0.2) is 12.7 Å². The average Bonchev–Trinajstić information content (AvgIpc) is 2.37. The number of Topliss-reactive ketones (excluding diaryl/α,β-unsaturated/α-hetero) is 1. The first-order valence-electron chi connectivity index (χ1n) is 6.22. The molecule has 0 bridgehead atoms. The molecular formula is C14H22O2. The van der Waals surface area contributed by atoms with E-state index in [-0.39, 0.29) is 29.3 Å². The highest BCUT2D eigenvalue weighted by Gasteiger charge is 2.56. The number of hydrogen-bond acceptors (Lipinski definition) is 2. The standard InChI is InChI=1S/C14H22O2/c1-5-9-8(2)6-10(15)13-12(9)11(16)7-14(13,3)4/h5,8-10,12-13,15H,1,6-7H2,2-4H3/t8-,9+,10-,12+,13+/m1/s1. The predicted molar refractivity (Wildman–Crippen MR) is 63.9 cm³/mol. The van der Waals surface area contributed by atoms with Gasteiger partial charge in [0.2, 0.25) is 0 Å². The van der Waals surface area contributed by atoms with Crippen molar-refractivity contribution in [1.82, 2.24) is 0 Å². The average molecular weight is 222 g/mol. The molecule has 2 nitrogen and oxygen atoms in total. The third kappa shape index (κ3) is 1.55. The highest BCUT2D eigenvalue weighted by atomic mass is 16.3. The van der Waals surface area contributed by atoms with E-state index >= 15 is 0 Å². The molecule has 2 heteroatoms. The maximum Gasteiger partial charge on any atom is 0.137 e. The van der Waals surface area contributed by atoms with Gasteiger partial charge in [-0.2, -0.15) is 0 Å². The lowest BCUT2D eigenvalue weighted by Crippen LogP contribution is -2.44. The van der Waals surface area contributed by atoms with Gasteiger partial charge in [-0.1, -0.05) is 26.8 Å². The quantitative estimate of drug-likeness (QED) is 0.692. The van der Waals surface area contributed by atoms with Crippen molar-refractivity contribution in [1.29, 1.82) is 0 Å². The van der Waals surface area contributed by atoms with Gasteiger partial charge in [-0.05, 0) is 23.7 Å². The van der Waals surface area contributed by atoms with E-state index in [4.69, 9.17) is 0 Å². The van der Waals surface area contributed by atoms with Gasteiger partial charge in [-0.25, -0.2) is 0 Å². The molecule has 2 aliphatic rings. The van der Waals surface area contributed by atoms with E-state index < -0.39 is 0 Å². The van der Waals surface area contributed by atoms with E-state index in [1.807, 2.05) is 6.08 Å². The summed E-state index contributed by atoms with van der Waals surface area (Å²) in [6, 6.07) is 0. The highest BCUT2D eigenvalue weighted by Crippen LogP contribution is 2.54. The van der Waals surface area contributed by atoms with Gasteiger partial charge in [0.15, 0.2) is 0 Å². The van der Waals surface area contributed by atoms with E-state index in [0.717, 1.165) is 6.42 Å². The predicted octanol–water partition coefficient (Wildman–Crippen LogP) is 2.42. The molecule has 0 aromatic carbocycles. The number of hydrogen-bond donors (Lipinski definition) is 1. The Balaban J connectivity index is 2.38. The van der Waals surface area contributed by atoms with Gasteiger partial charge in [-0.15, -0.1) is 6.58 Å². The molecule has 0 spiro atoms. The molecule has 0 heterocycles. The smallest absolute Gasteiger partial charge is 0.137 e. The Labute approximate surface area is 97.7 Å². The molecule has 5 atom stereocenters. The third-order valence-corrected chi connectivity index (χ3v) is 4.66. The van der Waals surface area contributed by atoms with Crippen molar-refractivity contribution in [3.8, 4) is 0 Å². The molecule has 2 fully saturated rings. The molecule has 0 saturated heterocycles. The van der Waals surface area contributed by atoms with Crippen LogP contribution in [0.25, 0.3) is 0 Å². The molecule has 0 aromatic rings. The topological polar surface area (TPSA) is 37.3 Å². The largest absolute Gasteiger partial charge is 0.393 e. The van der Waals surface area contributed by atoms with Gasteiger partial charge < -0.3 is 5.11 Å². The first-order chi connectivity index (χ1) is 7.38. The molecular weight excluding hydrogens is 200 g/mol. The maximum absolute atomic E-state index is 12.1. The van der Waals surface area contributed by atoms with Crippen molar-refractivity contribution in [3.63, 3.8) is 0 Å². The summed E-state index contributed by atoms with van der Waals surface area (Å²) in [4.78, 5) is 12.1. The second-order valence-electron chi connectivity index (χ2n) is 6.28. The fraction of sp³-hybridized carbons (Fsp3) is 0.786. The van der Waals surface area contributed by atoms with Crippen LogP contribution in [0, 0.1) is 29.1 Å². The molecule has 0 aliphatic heterocycles. The molecule has 0 amide bonds. The van der Waals surface area contributed by atoms with Crippen LogP contribution < -0.4 is 0 Å². The fourth-order valence-corrected chi connectivity index (χ4v) is 4.00. The van der Waals surface area contributed by atoms with E-state index in [9.17, 15) is 9.90 Å². The summed E-state index contributed by atoms with van der Waals surface area (Å²) in [5.41, 5.74) is -0.0530. The Bertz CT molecular complexity index is 319. The number of ketones is 1. The monoisotopic (exact) mass is 222 g/mol. The van der Waals surface area contributed by atoms with Crippen LogP contribution in [-0.4, -0.2) is 17.0 Å². The van der Waals surface area contributed by atoms with Gasteiger partial charge in [-0.3, -0.25) is 4.79 Å². The fourth-order valence-electron chi connectivity index (χ4n) is 4.00. The first-order valence-corrected chi connectivity index (χ1v) is 6.22. The zero-order chi connectivity index (χ0) is 12.1. The lowest BCUT2D eigenvalue weighted by molar-refractivity contribution is -0.126. The summed E-state index contributed by atoms with van der Waals surface area (Å²) in [5, 5.41) is 10.2. The zero-order valence-corrected chi connectivity index (χ0v) is 10.4. The van der Waals surface area contributed by atoms with E-state index in [0.29, 0.717) is 18.1 Å². The summed E-state index contributed by atoms with van der Waals surface area (Å²) >= 11 is 0. The summed E-state index contributed by atoms with van der Waals surface area (Å²) in [5.74, 6) is 1.07. The maximum atomic E-state index is 12.1. The molecule has 2 saturated carbocycles. The minimum atomic E-state index is -0.322. The lowest BCUT2D eigenvalue weighted by atomic mass is 9.62. The van der Waals surface area contributed by atoms with Crippen LogP contribution in [0.4, 0.5) is 0 Å². The van der Waals surface area contributed by atoms with Gasteiger partial charge >= 0.3 is 0 Å². The van der Waals surface area contributed by atoms with Crippen LogP contribution in [0.3, 0.4) is 0 Å². The summed E-state index contributed by atoms with van der Waals surface area (Å²) in [6.45, 7) is 10.2. The number of aliphatic hydroxyl groups excluding tert-OH is 1. The van der Waals surface area contributed by atoms with Crippen LogP contribution >= 0.6 is 0 Å². The Kier molecular flexibility index (Phi) is 2.73. The van der Waals surface area contributed by atoms with Crippen molar-refractivity contribution in [2.24, 2.45) is 29.1 Å². The van der Waals surface area contributed by atoms with Gasteiger partial charge in [0, 0.05) is 18.3 Å². The molecule has 2 aliphatic carbocycles. The number of aliphatic hydroxyl groups is 1. The Morgan fingerprint density at radius 2 is 2.12 bits per heavy atom. The lowest BCUT2D eigenvalue weighted by Gasteiger charge is -2.43. The number of fused-ring (bicyclic) bond motifs is 1. The molecule has 0 unspecified atom stereocenters. The number of carbonyl (C=O) groups is 1. The van der Waals surface area contributed by atoms with Gasteiger partial charge in [0.05, 0.1) is 6.10 Å². The minimum Gasteiger partial charge on any atom is -0.393 e. The van der Waals surface area contributed by atoms with Gasteiger partial charge in [0.1, 0.15) is 5.78 Å². The second-order valence-corrected chi connectivity index (χ2v) is 6.28. The van der Waals surface area contributed by atoms with Crippen molar-refractivity contribution in [2.45, 2.75) is 39.7 Å². The Morgan fingerprint density at radius 1 is 1.50 bits per heavy atom. The van der Waals surface area contributed by atoms with E-state index in [1.54, 1.807) is 0 Å². The van der Waals surface area contributed by atoms with Crippen LogP contribution in [0.1, 0.15) is 33.6 Å². The summed E-state index contributed by atoms with van der Waals surface area (Å²) in [6.07, 6.45) is 3.01. The van der Waals surface area contributed by atoms with Gasteiger partial charge in [0.25, 0.3) is 0 Å². The van der Waals surface area contributed by atoms with Crippen molar-refractivity contribution < 1.29 is 9.90 Å². The first kappa shape index (κ1) is 11.8. The van der Waals surface area contributed by atoms with Crippen molar-refractivity contribution in [2.75, 3.05) is 0 Å². The third-order valence-electron chi connectivity index (χ3n) is 4.66. The highest BCUT2D eigenvalue weighted by molar-refractivity contribution is 5.85. The van der Waals surface area contributed by atoms with Crippen LogP contribution in [0.5, 0.6) is 0 Å².